The Morgan fingerprint density at radius 3 is 1.38 bits per heavy atom. The molecule has 0 spiro atoms. The van der Waals surface area contributed by atoms with Crippen LogP contribution in [0.5, 0.6) is 28.9 Å². The molecule has 0 aliphatic rings. The molecule has 3 aromatic heterocycles. The van der Waals surface area contributed by atoms with Crippen LogP contribution in [0.3, 0.4) is 0 Å². The fourth-order valence-corrected chi connectivity index (χ4v) is 5.24. The SMILES string of the molecule is COc1cc(F)c2cc(F)c(OC)cc2n1.COc1cc(N)ccc1F.COc1cc2nc(Cl)cc(Cl)c2cc1F.COc1cc2nc(F)cc(F)c2cc1F. The second-order valence-corrected chi connectivity index (χ2v) is 11.7. The minimum absolute atomic E-state index is 0.0192. The van der Waals surface area contributed by atoms with E-state index in [9.17, 15) is 30.7 Å². The van der Waals surface area contributed by atoms with Crippen molar-refractivity contribution >= 4 is 61.6 Å². The van der Waals surface area contributed by atoms with Crippen LogP contribution < -0.4 is 29.4 Å². The summed E-state index contributed by atoms with van der Waals surface area (Å²) in [5, 5.41) is 1.17. The first-order chi connectivity index (χ1) is 26.6. The van der Waals surface area contributed by atoms with Gasteiger partial charge in [-0.3, -0.25) is 0 Å². The van der Waals surface area contributed by atoms with Gasteiger partial charge in [-0.25, -0.2) is 41.3 Å². The lowest BCUT2D eigenvalue weighted by atomic mass is 10.2. The molecule has 0 unspecified atom stereocenters. The van der Waals surface area contributed by atoms with E-state index >= 15 is 0 Å². The van der Waals surface area contributed by atoms with Gasteiger partial charge in [-0.2, -0.15) is 4.39 Å². The zero-order chi connectivity index (χ0) is 41.3. The molecule has 0 bridgehead atoms. The molecule has 0 aliphatic heterocycles. The van der Waals surface area contributed by atoms with Gasteiger partial charge in [0.15, 0.2) is 46.3 Å². The number of methoxy groups -OCH3 is 5. The number of benzene rings is 4. The molecule has 3 heterocycles. The first-order valence-electron chi connectivity index (χ1n) is 15.6. The van der Waals surface area contributed by atoms with Crippen molar-refractivity contribution in [3.8, 4) is 28.9 Å². The molecule has 7 aromatic rings. The topological polar surface area (TPSA) is 111 Å². The number of nitrogens with two attached hydrogens (primary N) is 1. The minimum Gasteiger partial charge on any atom is -0.494 e. The van der Waals surface area contributed by atoms with Gasteiger partial charge >= 0.3 is 0 Å². The van der Waals surface area contributed by atoms with Gasteiger partial charge in [-0.05, 0) is 36.4 Å². The number of hydrogen-bond acceptors (Lipinski definition) is 9. The molecule has 0 fully saturated rings. The molecule has 0 aliphatic carbocycles. The normalized spacial score (nSPS) is 10.4. The van der Waals surface area contributed by atoms with Gasteiger partial charge in [0.1, 0.15) is 16.8 Å². The standard InChI is InChI=1S/C11H9F2NO2.C10H6Cl2FNO.C10H6F3NO.C7H8FNO/c1-15-10-5-9-6(3-8(10)13)7(12)4-11(14-9)16-2;1-15-9-4-8-5(2-7(9)13)6(11)3-10(12)14-8;1-15-9-4-8-5(2-7(9)12)6(11)3-10(13)14-8;1-10-7-4-5(9)2-3-6(7)8/h3-5H,1-2H3;2*2-4H,1H3;2-4H,9H2,1H3. The Morgan fingerprint density at radius 1 is 0.446 bits per heavy atom. The number of aromatic nitrogens is 3. The second kappa shape index (κ2) is 19.0. The Kier molecular flexibility index (Phi) is 14.5. The highest BCUT2D eigenvalue weighted by Gasteiger charge is 2.13. The van der Waals surface area contributed by atoms with Crippen LogP contribution in [0.4, 0.5) is 36.4 Å². The van der Waals surface area contributed by atoms with Gasteiger partial charge in [-0.1, -0.05) is 23.2 Å². The highest BCUT2D eigenvalue weighted by atomic mass is 35.5. The number of nitrogen functional groups attached to an aromatic ring is 1. The predicted octanol–water partition coefficient (Wildman–Crippen LogP) is 10.3. The smallest absolute Gasteiger partial charge is 0.216 e. The van der Waals surface area contributed by atoms with Crippen molar-refractivity contribution in [1.82, 2.24) is 15.0 Å². The summed E-state index contributed by atoms with van der Waals surface area (Å²) in [6, 6.07) is 14.6. The van der Waals surface area contributed by atoms with Crippen molar-refractivity contribution in [2.24, 2.45) is 0 Å². The van der Waals surface area contributed by atoms with E-state index in [4.69, 9.17) is 43.1 Å². The molecule has 2 N–H and O–H groups in total. The van der Waals surface area contributed by atoms with Crippen LogP contribution in [0, 0.1) is 40.9 Å². The number of halogens is 9. The van der Waals surface area contributed by atoms with E-state index in [0.717, 1.165) is 24.3 Å². The van der Waals surface area contributed by atoms with E-state index < -0.39 is 40.9 Å². The van der Waals surface area contributed by atoms with Crippen molar-refractivity contribution in [2.75, 3.05) is 41.3 Å². The Hall–Kier alpha value is -6.00. The maximum Gasteiger partial charge on any atom is 0.216 e. The fourth-order valence-electron chi connectivity index (χ4n) is 4.73. The molecular weight excluding hydrogens is 796 g/mol. The Labute approximate surface area is 324 Å². The summed E-state index contributed by atoms with van der Waals surface area (Å²) in [7, 11) is 6.77. The van der Waals surface area contributed by atoms with Crippen molar-refractivity contribution < 1.29 is 54.4 Å². The zero-order valence-electron chi connectivity index (χ0n) is 29.8. The summed E-state index contributed by atoms with van der Waals surface area (Å²) < 4.78 is 116. The van der Waals surface area contributed by atoms with E-state index in [2.05, 4.69) is 24.4 Å². The molecular formula is C38H29Cl2F7N4O5. The van der Waals surface area contributed by atoms with E-state index in [1.54, 1.807) is 0 Å². The monoisotopic (exact) mass is 824 g/mol. The van der Waals surface area contributed by atoms with Gasteiger partial charge in [0, 0.05) is 58.2 Å². The van der Waals surface area contributed by atoms with Crippen LogP contribution in [0.2, 0.25) is 10.2 Å². The lowest BCUT2D eigenvalue weighted by molar-refractivity contribution is 0.386. The summed E-state index contributed by atoms with van der Waals surface area (Å²) in [5.41, 5.74) is 6.67. The average molecular weight is 826 g/mol. The van der Waals surface area contributed by atoms with E-state index in [1.807, 2.05) is 0 Å². The van der Waals surface area contributed by atoms with Gasteiger partial charge < -0.3 is 29.4 Å². The van der Waals surface area contributed by atoms with Crippen LogP contribution in [-0.2, 0) is 0 Å². The summed E-state index contributed by atoms with van der Waals surface area (Å²) in [5.74, 6) is -4.22. The second-order valence-electron chi connectivity index (χ2n) is 10.9. The summed E-state index contributed by atoms with van der Waals surface area (Å²) in [4.78, 5) is 11.4. The number of pyridine rings is 3. The summed E-state index contributed by atoms with van der Waals surface area (Å²) >= 11 is 11.6. The third kappa shape index (κ3) is 10.4. The van der Waals surface area contributed by atoms with E-state index in [1.165, 1.54) is 78.0 Å². The zero-order valence-corrected chi connectivity index (χ0v) is 31.3. The minimum atomic E-state index is -0.950. The maximum atomic E-state index is 13.5. The van der Waals surface area contributed by atoms with Crippen molar-refractivity contribution in [3.63, 3.8) is 0 Å². The lowest BCUT2D eigenvalue weighted by Gasteiger charge is -2.06. The Balaban J connectivity index is 0.000000168. The van der Waals surface area contributed by atoms with Crippen LogP contribution in [-0.4, -0.2) is 50.5 Å². The summed E-state index contributed by atoms with van der Waals surface area (Å²) in [6.07, 6.45) is 0. The third-order valence-electron chi connectivity index (χ3n) is 7.39. The predicted molar refractivity (Wildman–Crippen MR) is 199 cm³/mol. The van der Waals surface area contributed by atoms with Gasteiger partial charge in [-0.15, -0.1) is 0 Å². The van der Waals surface area contributed by atoms with Crippen molar-refractivity contribution in [2.45, 2.75) is 0 Å². The van der Waals surface area contributed by atoms with Crippen LogP contribution >= 0.6 is 23.2 Å². The van der Waals surface area contributed by atoms with Crippen molar-refractivity contribution in [3.05, 3.63) is 124 Å². The van der Waals surface area contributed by atoms with E-state index in [-0.39, 0.29) is 55.8 Å². The molecule has 0 saturated heterocycles. The largest absolute Gasteiger partial charge is 0.494 e. The molecule has 0 atom stereocenters. The van der Waals surface area contributed by atoms with Crippen molar-refractivity contribution in [1.29, 1.82) is 0 Å². The fraction of sp³-hybridized carbons (Fsp3) is 0.132. The first kappa shape index (κ1) is 42.7. The van der Waals surface area contributed by atoms with Crippen LogP contribution in [0.1, 0.15) is 0 Å². The molecule has 0 amide bonds. The quantitative estimate of drug-likeness (QED) is 0.103. The molecule has 0 radical (unpaired) electrons. The average Bonchev–Trinajstić information content (AvgIpc) is 3.16. The molecule has 56 heavy (non-hydrogen) atoms. The molecule has 4 aromatic carbocycles. The molecule has 9 nitrogen and oxygen atoms in total. The van der Waals surface area contributed by atoms with Gasteiger partial charge in [0.2, 0.25) is 11.8 Å². The molecule has 0 saturated carbocycles. The Morgan fingerprint density at radius 2 is 0.893 bits per heavy atom. The number of anilines is 1. The highest BCUT2D eigenvalue weighted by Crippen LogP contribution is 2.31. The van der Waals surface area contributed by atoms with E-state index in [0.29, 0.717) is 27.7 Å². The highest BCUT2D eigenvalue weighted by molar-refractivity contribution is 6.37. The number of fused-ring (bicyclic) bond motifs is 3. The number of nitrogens with zero attached hydrogens (tertiary/aromatic N) is 3. The lowest BCUT2D eigenvalue weighted by Crippen LogP contribution is -1.94. The third-order valence-corrected chi connectivity index (χ3v) is 7.90. The number of rotatable bonds is 5. The van der Waals surface area contributed by atoms with Crippen LogP contribution in [0.25, 0.3) is 32.7 Å². The Bertz CT molecular complexity index is 2420. The molecule has 294 valence electrons. The van der Waals surface area contributed by atoms with Crippen LogP contribution in [0.15, 0.2) is 72.8 Å². The number of ether oxygens (including phenoxy) is 5. The number of hydrogen-bond donors (Lipinski definition) is 1. The molecule has 7 rings (SSSR count). The van der Waals surface area contributed by atoms with Gasteiger partial charge in [0.05, 0.1) is 57.1 Å². The summed E-state index contributed by atoms with van der Waals surface area (Å²) in [6.45, 7) is 0. The maximum absolute atomic E-state index is 13.5. The first-order valence-corrected chi connectivity index (χ1v) is 16.3. The van der Waals surface area contributed by atoms with Gasteiger partial charge in [0.25, 0.3) is 0 Å². The molecule has 18 heteroatoms.